The number of hydrogen-bond acceptors (Lipinski definition) is 5. The zero-order chi connectivity index (χ0) is 23.0. The van der Waals surface area contributed by atoms with Crippen LogP contribution in [0.3, 0.4) is 0 Å². The molecule has 2 rings (SSSR count). The van der Waals surface area contributed by atoms with Crippen molar-refractivity contribution < 1.29 is 19.1 Å². The molecular formula is C21H23Br2N3O4S. The number of hydrogen-bond donors (Lipinski definition) is 3. The molecular weight excluding hydrogens is 550 g/mol. The van der Waals surface area contributed by atoms with Gasteiger partial charge in [-0.1, -0.05) is 45.7 Å². The van der Waals surface area contributed by atoms with E-state index in [1.807, 2.05) is 32.9 Å². The molecule has 10 heteroatoms. The Balaban J connectivity index is 1.75. The number of carbonyl (C=O) groups is 2. The largest absolute Gasteiger partial charge is 0.484 e. The first-order valence-corrected chi connectivity index (χ1v) is 11.3. The number of carbonyl (C=O) groups excluding carboxylic acids is 2. The molecule has 0 heterocycles. The molecule has 0 radical (unpaired) electrons. The van der Waals surface area contributed by atoms with E-state index in [2.05, 4.69) is 48.0 Å². The van der Waals surface area contributed by atoms with Crippen molar-refractivity contribution in [2.45, 2.75) is 26.7 Å². The molecule has 0 saturated heterocycles. The van der Waals surface area contributed by atoms with Crippen LogP contribution in [0.25, 0.3) is 0 Å². The monoisotopic (exact) mass is 571 g/mol. The Morgan fingerprint density at radius 3 is 2.29 bits per heavy atom. The smallest absolute Gasteiger partial charge is 0.276 e. The number of benzene rings is 2. The molecule has 0 spiro atoms. The van der Waals surface area contributed by atoms with E-state index >= 15 is 0 Å². The fourth-order valence-corrected chi connectivity index (χ4v) is 3.22. The number of hydrazine groups is 1. The van der Waals surface area contributed by atoms with Gasteiger partial charge in [-0.05, 0) is 72.6 Å². The van der Waals surface area contributed by atoms with Gasteiger partial charge in [-0.25, -0.2) is 0 Å². The first-order valence-electron chi connectivity index (χ1n) is 9.35. The standard InChI is InChI=1S/C21H23Br2N3O4S/c1-12(2)16-9-17(23)13(3)8-18(16)30-10-19(27)24-21(31)26-25-20(28)11-29-15-6-4-14(22)5-7-15/h4-9,12H,10-11H2,1-3H3,(H,25,28)(H2,24,26,27,31). The van der Waals surface area contributed by atoms with Crippen LogP contribution in [0.1, 0.15) is 30.9 Å². The summed E-state index contributed by atoms with van der Waals surface area (Å²) in [7, 11) is 0. The van der Waals surface area contributed by atoms with Crippen molar-refractivity contribution in [1.82, 2.24) is 16.2 Å². The molecule has 0 aliphatic heterocycles. The molecule has 3 N–H and O–H groups in total. The van der Waals surface area contributed by atoms with Gasteiger partial charge in [0.2, 0.25) is 0 Å². The fraction of sp³-hybridized carbons (Fsp3) is 0.286. The summed E-state index contributed by atoms with van der Waals surface area (Å²) in [6, 6.07) is 10.9. The molecule has 2 aromatic rings. The van der Waals surface area contributed by atoms with Gasteiger partial charge < -0.3 is 9.47 Å². The number of ether oxygens (including phenoxy) is 2. The van der Waals surface area contributed by atoms with Gasteiger partial charge in [0.05, 0.1) is 0 Å². The highest BCUT2D eigenvalue weighted by Crippen LogP contribution is 2.32. The van der Waals surface area contributed by atoms with Crippen LogP contribution in [-0.4, -0.2) is 30.1 Å². The first-order chi connectivity index (χ1) is 14.7. The van der Waals surface area contributed by atoms with E-state index in [1.165, 1.54) is 0 Å². The summed E-state index contributed by atoms with van der Waals surface area (Å²) in [6.07, 6.45) is 0. The Labute approximate surface area is 203 Å². The molecule has 166 valence electrons. The van der Waals surface area contributed by atoms with E-state index in [0.29, 0.717) is 11.5 Å². The van der Waals surface area contributed by atoms with Gasteiger partial charge in [0.15, 0.2) is 18.3 Å². The summed E-state index contributed by atoms with van der Waals surface area (Å²) >= 11 is 11.8. The molecule has 7 nitrogen and oxygen atoms in total. The zero-order valence-electron chi connectivity index (χ0n) is 17.3. The summed E-state index contributed by atoms with van der Waals surface area (Å²) in [5.41, 5.74) is 6.80. The van der Waals surface area contributed by atoms with Crippen LogP contribution in [0.15, 0.2) is 45.3 Å². The topological polar surface area (TPSA) is 88.7 Å². The molecule has 2 amide bonds. The van der Waals surface area contributed by atoms with Gasteiger partial charge in [0.1, 0.15) is 11.5 Å². The molecule has 0 aromatic heterocycles. The van der Waals surface area contributed by atoms with Gasteiger partial charge in [-0.3, -0.25) is 25.8 Å². The SMILES string of the molecule is Cc1cc(OCC(=O)NC(=S)NNC(=O)COc2ccc(Br)cc2)c(C(C)C)cc1Br. The van der Waals surface area contributed by atoms with Gasteiger partial charge in [-0.2, -0.15) is 0 Å². The van der Waals surface area contributed by atoms with Crippen LogP contribution in [-0.2, 0) is 9.59 Å². The lowest BCUT2D eigenvalue weighted by molar-refractivity contribution is -0.124. The lowest BCUT2D eigenvalue weighted by Crippen LogP contribution is -2.50. The maximum Gasteiger partial charge on any atom is 0.276 e. The van der Waals surface area contributed by atoms with E-state index in [9.17, 15) is 9.59 Å². The second kappa shape index (κ2) is 12.0. The summed E-state index contributed by atoms with van der Waals surface area (Å²) in [4.78, 5) is 24.0. The third-order valence-electron chi connectivity index (χ3n) is 4.02. The molecule has 0 saturated carbocycles. The third-order valence-corrected chi connectivity index (χ3v) is 5.61. The van der Waals surface area contributed by atoms with E-state index in [4.69, 9.17) is 21.7 Å². The van der Waals surface area contributed by atoms with Crippen molar-refractivity contribution in [1.29, 1.82) is 0 Å². The van der Waals surface area contributed by atoms with Crippen molar-refractivity contribution in [3.63, 3.8) is 0 Å². The highest BCUT2D eigenvalue weighted by molar-refractivity contribution is 9.10. The van der Waals surface area contributed by atoms with Crippen molar-refractivity contribution in [2.24, 2.45) is 0 Å². The molecule has 0 aliphatic carbocycles. The second-order valence-electron chi connectivity index (χ2n) is 6.88. The Morgan fingerprint density at radius 2 is 1.65 bits per heavy atom. The van der Waals surface area contributed by atoms with Crippen LogP contribution >= 0.6 is 44.1 Å². The minimum absolute atomic E-state index is 0.0540. The van der Waals surface area contributed by atoms with E-state index < -0.39 is 11.8 Å². The first kappa shape index (κ1) is 25.1. The average Bonchev–Trinajstić information content (AvgIpc) is 2.72. The van der Waals surface area contributed by atoms with Gasteiger partial charge in [0.25, 0.3) is 11.8 Å². The van der Waals surface area contributed by atoms with Gasteiger partial charge >= 0.3 is 0 Å². The summed E-state index contributed by atoms with van der Waals surface area (Å²) in [6.45, 7) is 5.61. The van der Waals surface area contributed by atoms with E-state index in [-0.39, 0.29) is 24.2 Å². The number of nitrogens with one attached hydrogen (secondary N) is 3. The minimum atomic E-state index is -0.456. The Morgan fingerprint density at radius 1 is 1.00 bits per heavy atom. The van der Waals surface area contributed by atoms with E-state index in [0.717, 1.165) is 20.1 Å². The quantitative estimate of drug-likeness (QED) is 0.342. The van der Waals surface area contributed by atoms with Crippen molar-refractivity contribution >= 4 is 61.0 Å². The maximum atomic E-state index is 12.1. The van der Waals surface area contributed by atoms with Crippen LogP contribution in [0.4, 0.5) is 0 Å². The maximum absolute atomic E-state index is 12.1. The lowest BCUT2D eigenvalue weighted by atomic mass is 10.0. The van der Waals surface area contributed by atoms with Crippen LogP contribution < -0.4 is 25.6 Å². The average molecular weight is 573 g/mol. The normalized spacial score (nSPS) is 10.4. The molecule has 2 aromatic carbocycles. The zero-order valence-corrected chi connectivity index (χ0v) is 21.2. The molecule has 0 unspecified atom stereocenters. The van der Waals surface area contributed by atoms with Gasteiger partial charge in [-0.15, -0.1) is 0 Å². The van der Waals surface area contributed by atoms with Crippen LogP contribution in [0, 0.1) is 6.92 Å². The molecule has 0 bridgehead atoms. The van der Waals surface area contributed by atoms with Crippen molar-refractivity contribution in [2.75, 3.05) is 13.2 Å². The Hall–Kier alpha value is -2.17. The Bertz CT molecular complexity index is 952. The van der Waals surface area contributed by atoms with Crippen molar-refractivity contribution in [3.05, 3.63) is 56.5 Å². The molecule has 0 fully saturated rings. The fourth-order valence-electron chi connectivity index (χ4n) is 2.43. The lowest BCUT2D eigenvalue weighted by Gasteiger charge is -2.16. The number of aryl methyl sites for hydroxylation is 1. The number of halogens is 2. The Kier molecular flexibility index (Phi) is 9.73. The minimum Gasteiger partial charge on any atom is -0.484 e. The van der Waals surface area contributed by atoms with E-state index in [1.54, 1.807) is 24.3 Å². The summed E-state index contributed by atoms with van der Waals surface area (Å²) < 4.78 is 12.9. The summed E-state index contributed by atoms with van der Waals surface area (Å²) in [5, 5.41) is 2.39. The predicted molar refractivity (Wildman–Crippen MR) is 130 cm³/mol. The van der Waals surface area contributed by atoms with Crippen molar-refractivity contribution in [3.8, 4) is 11.5 Å². The number of thiocarbonyl (C=S) groups is 1. The highest BCUT2D eigenvalue weighted by atomic mass is 79.9. The summed E-state index contributed by atoms with van der Waals surface area (Å²) in [5.74, 6) is 0.516. The third kappa shape index (κ3) is 8.47. The molecule has 0 atom stereocenters. The number of rotatable bonds is 7. The van der Waals surface area contributed by atoms with Gasteiger partial charge in [0, 0.05) is 8.95 Å². The predicted octanol–water partition coefficient (Wildman–Crippen LogP) is 4.12. The van der Waals surface area contributed by atoms with Crippen LogP contribution in [0.2, 0.25) is 0 Å². The van der Waals surface area contributed by atoms with Crippen LogP contribution in [0.5, 0.6) is 11.5 Å². The molecule has 0 aliphatic rings. The molecule has 31 heavy (non-hydrogen) atoms. The number of amides is 2. The highest BCUT2D eigenvalue weighted by Gasteiger charge is 2.13. The second-order valence-corrected chi connectivity index (χ2v) is 9.05.